The number of halogens is 1. The number of hydrogen-bond acceptors (Lipinski definition) is 12. The number of nitrogens with one attached hydrogen (secondary N) is 3. The van der Waals surface area contributed by atoms with Crippen LogP contribution in [0.2, 0.25) is 0 Å². The molecule has 1 unspecified atom stereocenters. The van der Waals surface area contributed by atoms with E-state index in [1.54, 1.807) is 26.8 Å². The Balaban J connectivity index is 1.12. The number of likely N-dealkylation sites (tertiary alicyclic amines) is 2. The Bertz CT molecular complexity index is 2060. The zero-order valence-corrected chi connectivity index (χ0v) is 33.2. The molecule has 3 N–H and O–H groups in total. The lowest BCUT2D eigenvalue weighted by Crippen LogP contribution is -2.58. The van der Waals surface area contributed by atoms with Gasteiger partial charge in [-0.2, -0.15) is 0 Å². The number of sulfonamides is 1. The van der Waals surface area contributed by atoms with Gasteiger partial charge < -0.3 is 34.6 Å². The predicted molar refractivity (Wildman–Crippen MR) is 198 cm³/mol. The number of nitrogens with zero attached hydrogens (tertiary/aromatic N) is 3. The first-order chi connectivity index (χ1) is 27.3. The highest BCUT2D eigenvalue weighted by atomic mass is 32.2. The van der Waals surface area contributed by atoms with Crippen LogP contribution < -0.4 is 15.4 Å². The molecule has 7 atom stereocenters. The normalized spacial score (nSPS) is 27.6. The van der Waals surface area contributed by atoms with E-state index in [-0.39, 0.29) is 51.9 Å². The maximum absolute atomic E-state index is 14.6. The van der Waals surface area contributed by atoms with Crippen LogP contribution in [-0.2, 0) is 61.3 Å². The van der Waals surface area contributed by atoms with E-state index in [9.17, 15) is 46.4 Å². The molecule has 2 aliphatic carbocycles. The van der Waals surface area contributed by atoms with Crippen molar-refractivity contribution in [2.45, 2.75) is 126 Å². The van der Waals surface area contributed by atoms with Crippen molar-refractivity contribution in [1.29, 1.82) is 0 Å². The summed E-state index contributed by atoms with van der Waals surface area (Å²) in [7, 11) is -4.00. The summed E-state index contributed by atoms with van der Waals surface area (Å²) in [6.45, 7) is 8.35. The third-order valence-electron chi connectivity index (χ3n) is 11.3. The van der Waals surface area contributed by atoms with Crippen molar-refractivity contribution in [2.75, 3.05) is 13.1 Å². The average molecular weight is 831 g/mol. The Hall–Kier alpha value is -5.27. The van der Waals surface area contributed by atoms with Gasteiger partial charge in [-0.25, -0.2) is 27.2 Å². The molecule has 5 fully saturated rings. The Morgan fingerprint density at radius 1 is 1.09 bits per heavy atom. The van der Waals surface area contributed by atoms with Gasteiger partial charge in [0.05, 0.1) is 24.9 Å². The highest BCUT2D eigenvalue weighted by Crippen LogP contribution is 2.45. The van der Waals surface area contributed by atoms with E-state index >= 15 is 0 Å². The topological polar surface area (TPSA) is 227 Å². The van der Waals surface area contributed by atoms with Gasteiger partial charge >= 0.3 is 18.2 Å². The smallest absolute Gasteiger partial charge is 0.410 e. The van der Waals surface area contributed by atoms with E-state index in [4.69, 9.17) is 14.2 Å². The SMILES string of the molecule is C=CC1C[C@]1(NC(=O)[C@@H]1C[C@@H](OC(=O)N2Cc3cccc(F)c3C2)CN1C(=O)[C@H](CCC(=O)N1C[C@@H]2C[C@H]1C(=O)O2)NC(=O)OC(C)(C)C)C(=O)NS(=O)(=O)C1CC1. The monoisotopic (exact) mass is 830 g/mol. The molecule has 58 heavy (non-hydrogen) atoms. The molecule has 6 aliphatic rings. The van der Waals surface area contributed by atoms with Gasteiger partial charge in [-0.15, -0.1) is 6.58 Å². The maximum Gasteiger partial charge on any atom is 0.410 e. The quantitative estimate of drug-likeness (QED) is 0.153. The molecule has 4 heterocycles. The van der Waals surface area contributed by atoms with Crippen molar-refractivity contribution in [3.05, 3.63) is 47.8 Å². The highest BCUT2D eigenvalue weighted by molar-refractivity contribution is 7.91. The molecule has 2 saturated carbocycles. The van der Waals surface area contributed by atoms with E-state index in [1.807, 2.05) is 0 Å². The number of rotatable bonds is 12. The van der Waals surface area contributed by atoms with Gasteiger partial charge in [0.2, 0.25) is 27.7 Å². The Morgan fingerprint density at radius 2 is 1.83 bits per heavy atom. The van der Waals surface area contributed by atoms with E-state index in [1.165, 1.54) is 28.0 Å². The number of hydrogen-bond donors (Lipinski definition) is 3. The zero-order chi connectivity index (χ0) is 41.9. The lowest BCUT2D eigenvalue weighted by molar-refractivity contribution is -0.157. The van der Waals surface area contributed by atoms with Crippen LogP contribution in [-0.4, -0.2) is 125 Å². The number of benzene rings is 1. The van der Waals surface area contributed by atoms with E-state index in [0.717, 1.165) is 4.90 Å². The van der Waals surface area contributed by atoms with Crippen molar-refractivity contribution in [1.82, 2.24) is 30.1 Å². The number of alkyl carbamates (subject to hydrolysis) is 1. The van der Waals surface area contributed by atoms with Crippen molar-refractivity contribution >= 4 is 51.8 Å². The predicted octanol–water partition coefficient (Wildman–Crippen LogP) is 1.12. The molecule has 0 aromatic heterocycles. The number of ether oxygens (including phenoxy) is 3. The van der Waals surface area contributed by atoms with Gasteiger partial charge in [0.1, 0.15) is 47.3 Å². The summed E-state index contributed by atoms with van der Waals surface area (Å²) in [6, 6.07) is 0.849. The van der Waals surface area contributed by atoms with Crippen LogP contribution >= 0.6 is 0 Å². The maximum atomic E-state index is 14.6. The number of esters is 1. The third kappa shape index (κ3) is 8.33. The molecule has 2 bridgehead atoms. The van der Waals surface area contributed by atoms with Crippen LogP contribution in [0.15, 0.2) is 30.9 Å². The van der Waals surface area contributed by atoms with Crippen LogP contribution in [0.1, 0.15) is 76.8 Å². The van der Waals surface area contributed by atoms with Gasteiger partial charge in [-0.1, -0.05) is 18.2 Å². The second kappa shape index (κ2) is 15.2. The van der Waals surface area contributed by atoms with Crippen molar-refractivity contribution in [3.8, 4) is 0 Å². The van der Waals surface area contributed by atoms with Crippen molar-refractivity contribution < 1.29 is 60.6 Å². The minimum atomic E-state index is -4.00. The van der Waals surface area contributed by atoms with Gasteiger partial charge in [-0.05, 0) is 58.1 Å². The fraction of sp³-hybridized carbons (Fsp3) is 0.605. The Labute approximate surface area is 334 Å². The molecule has 3 saturated heterocycles. The minimum absolute atomic E-state index is 0.0241. The zero-order valence-electron chi connectivity index (χ0n) is 32.4. The summed E-state index contributed by atoms with van der Waals surface area (Å²) in [5, 5.41) is 4.44. The first kappa shape index (κ1) is 40.9. The van der Waals surface area contributed by atoms with Crippen LogP contribution in [0, 0.1) is 11.7 Å². The molecule has 314 valence electrons. The van der Waals surface area contributed by atoms with Crippen LogP contribution in [0.5, 0.6) is 0 Å². The molecule has 0 spiro atoms. The molecule has 6 amide bonds. The summed E-state index contributed by atoms with van der Waals surface area (Å²) in [6.07, 6.45) is -1.65. The Morgan fingerprint density at radius 3 is 2.45 bits per heavy atom. The summed E-state index contributed by atoms with van der Waals surface area (Å²) in [5.41, 5.74) is -1.76. The number of fused-ring (bicyclic) bond motifs is 3. The lowest BCUT2D eigenvalue weighted by atomic mass is 10.1. The summed E-state index contributed by atoms with van der Waals surface area (Å²) in [5.74, 6) is -4.79. The number of amides is 6. The summed E-state index contributed by atoms with van der Waals surface area (Å²) in [4.78, 5) is 98.1. The standard InChI is InChI=1S/C38H47FN6O12S/c1-5-21-15-38(21,34(50)42-58(53,54)24-9-10-24)41-31(47)28-13-23(56-36(52)43-16-20-7-6-8-26(39)25(20)19-43)18-45(28)32(48)27(40-35(51)57-37(2,3)4)11-12-30(46)44-17-22-14-29(44)33(49)55-22/h5-8,21-24,27-29H,1,9-19H2,2-4H3,(H,40,51)(H,41,47)(H,42,50)/t21?,22-,23+,27-,28-,29-,38+/m0/s1. The molecule has 4 aliphatic heterocycles. The molecule has 7 rings (SSSR count). The first-order valence-corrected chi connectivity index (χ1v) is 20.9. The van der Waals surface area contributed by atoms with Crippen molar-refractivity contribution in [2.24, 2.45) is 5.92 Å². The largest absolute Gasteiger partial charge is 0.459 e. The van der Waals surface area contributed by atoms with Crippen molar-refractivity contribution in [3.63, 3.8) is 0 Å². The van der Waals surface area contributed by atoms with Gasteiger partial charge in [-0.3, -0.25) is 28.8 Å². The number of morpholine rings is 1. The fourth-order valence-corrected chi connectivity index (χ4v) is 9.43. The highest BCUT2D eigenvalue weighted by Gasteiger charge is 2.62. The van der Waals surface area contributed by atoms with Crippen LogP contribution in [0.3, 0.4) is 0 Å². The molecule has 0 radical (unpaired) electrons. The molecular weight excluding hydrogens is 784 g/mol. The van der Waals surface area contributed by atoms with Crippen LogP contribution in [0.25, 0.3) is 0 Å². The molecule has 1 aromatic rings. The summed E-state index contributed by atoms with van der Waals surface area (Å²) >= 11 is 0. The first-order valence-electron chi connectivity index (χ1n) is 19.3. The second-order valence-electron chi connectivity index (χ2n) is 16.8. The number of carbonyl (C=O) groups is 7. The molecule has 18 nitrogen and oxygen atoms in total. The van der Waals surface area contributed by atoms with E-state index in [0.29, 0.717) is 30.4 Å². The third-order valence-corrected chi connectivity index (χ3v) is 13.1. The van der Waals surface area contributed by atoms with Gasteiger partial charge in [0.15, 0.2) is 0 Å². The minimum Gasteiger partial charge on any atom is -0.459 e. The second-order valence-corrected chi connectivity index (χ2v) is 18.7. The van der Waals surface area contributed by atoms with E-state index < -0.39 is 110 Å². The molecule has 1 aromatic carbocycles. The van der Waals surface area contributed by atoms with Crippen LogP contribution in [0.4, 0.5) is 14.0 Å². The lowest BCUT2D eigenvalue weighted by Gasteiger charge is -2.31. The van der Waals surface area contributed by atoms with Gasteiger partial charge in [0.25, 0.3) is 5.91 Å². The fourth-order valence-electron chi connectivity index (χ4n) is 8.06. The number of carbonyl (C=O) groups excluding carboxylic acids is 7. The van der Waals surface area contributed by atoms with E-state index in [2.05, 4.69) is 21.9 Å². The van der Waals surface area contributed by atoms with Gasteiger partial charge in [0, 0.05) is 37.3 Å². The molecule has 20 heteroatoms. The average Bonchev–Trinajstić information content (AvgIpc) is 3.90. The molecular formula is C38H47FN6O12S. The Kier molecular flexibility index (Phi) is 10.7. The summed E-state index contributed by atoms with van der Waals surface area (Å²) < 4.78 is 58.4.